The highest BCUT2D eigenvalue weighted by atomic mass is 16.3. The number of aromatic amines is 1. The van der Waals surface area contributed by atoms with Crippen molar-refractivity contribution in [3.63, 3.8) is 0 Å². The van der Waals surface area contributed by atoms with E-state index in [0.29, 0.717) is 51.2 Å². The summed E-state index contributed by atoms with van der Waals surface area (Å²) in [5, 5.41) is 47.5. The molecule has 1 aromatic heterocycles. The van der Waals surface area contributed by atoms with E-state index < -0.39 is 6.73 Å². The highest BCUT2D eigenvalue weighted by molar-refractivity contribution is 5.92. The molecule has 0 fully saturated rings. The first-order chi connectivity index (χ1) is 12.7. The maximum absolute atomic E-state index is 9.90. The van der Waals surface area contributed by atoms with E-state index in [2.05, 4.69) is 22.6 Å². The number of allylic oxidation sites excluding steroid dienone is 1. The fourth-order valence-corrected chi connectivity index (χ4v) is 3.04. The van der Waals surface area contributed by atoms with Crippen molar-refractivity contribution >= 4 is 6.21 Å². The molecule has 136 valence electrons. The number of nitriles is 1. The van der Waals surface area contributed by atoms with E-state index in [-0.39, 0.29) is 19.8 Å². The van der Waals surface area contributed by atoms with Crippen LogP contribution in [0.5, 0.6) is 0 Å². The van der Waals surface area contributed by atoms with Crippen molar-refractivity contribution < 1.29 is 20.4 Å². The predicted molar refractivity (Wildman–Crippen MR) is 97.3 cm³/mol. The molecular formula is C19H21N3O4. The lowest BCUT2D eigenvalue weighted by atomic mass is 9.89. The van der Waals surface area contributed by atoms with Gasteiger partial charge in [-0.05, 0) is 28.7 Å². The van der Waals surface area contributed by atoms with Crippen molar-refractivity contribution in [3.05, 3.63) is 58.4 Å². The number of H-pyrrole nitrogens is 1. The number of rotatable bonds is 8. The van der Waals surface area contributed by atoms with Gasteiger partial charge in [-0.15, -0.1) is 6.58 Å². The van der Waals surface area contributed by atoms with Crippen LogP contribution in [0.3, 0.4) is 0 Å². The summed E-state index contributed by atoms with van der Waals surface area (Å²) in [4.78, 5) is 6.79. The molecule has 0 aliphatic heterocycles. The van der Waals surface area contributed by atoms with Gasteiger partial charge in [0.05, 0.1) is 25.5 Å². The fraction of sp³-hybridized carbons (Fsp3) is 0.263. The van der Waals surface area contributed by atoms with Crippen LogP contribution < -0.4 is 0 Å². The highest BCUT2D eigenvalue weighted by Crippen LogP contribution is 2.35. The lowest BCUT2D eigenvalue weighted by molar-refractivity contribution is 0.248. The summed E-state index contributed by atoms with van der Waals surface area (Å²) in [6.45, 7) is 2.36. The SMILES string of the molecule is C=CCc1c(C#N)[nH]c(/C=N/CO)c1-c1ccc(CO)c(CO)c1CO. The maximum atomic E-state index is 9.90. The predicted octanol–water partition coefficient (Wildman–Crippen LogP) is 1.13. The third-order valence-corrected chi connectivity index (χ3v) is 4.18. The molecule has 7 nitrogen and oxygen atoms in total. The molecular weight excluding hydrogens is 334 g/mol. The molecule has 0 unspecified atom stereocenters. The molecule has 0 saturated carbocycles. The van der Waals surface area contributed by atoms with Gasteiger partial charge in [0, 0.05) is 17.3 Å². The summed E-state index contributed by atoms with van der Waals surface area (Å²) in [5.74, 6) is 0. The van der Waals surface area contributed by atoms with Gasteiger partial charge >= 0.3 is 0 Å². The Balaban J connectivity index is 2.86. The number of hydrogen-bond donors (Lipinski definition) is 5. The average Bonchev–Trinajstić information content (AvgIpc) is 3.02. The van der Waals surface area contributed by atoms with Crippen LogP contribution in [-0.4, -0.2) is 38.4 Å². The molecule has 2 rings (SSSR count). The third kappa shape index (κ3) is 3.59. The van der Waals surface area contributed by atoms with Crippen LogP contribution in [-0.2, 0) is 26.2 Å². The minimum Gasteiger partial charge on any atom is -0.392 e. The zero-order valence-electron chi connectivity index (χ0n) is 14.2. The molecule has 0 aliphatic carbocycles. The second-order valence-electron chi connectivity index (χ2n) is 5.53. The zero-order chi connectivity index (χ0) is 19.1. The lowest BCUT2D eigenvalue weighted by Crippen LogP contribution is -2.04. The summed E-state index contributed by atoms with van der Waals surface area (Å²) in [7, 11) is 0. The van der Waals surface area contributed by atoms with Gasteiger partial charge in [0.15, 0.2) is 0 Å². The molecule has 1 heterocycles. The van der Waals surface area contributed by atoms with Crippen molar-refractivity contribution in [1.82, 2.24) is 4.98 Å². The average molecular weight is 355 g/mol. The van der Waals surface area contributed by atoms with Gasteiger partial charge in [0.2, 0.25) is 0 Å². The second-order valence-corrected chi connectivity index (χ2v) is 5.53. The van der Waals surface area contributed by atoms with Crippen LogP contribution in [0.25, 0.3) is 11.1 Å². The number of nitrogens with one attached hydrogen (secondary N) is 1. The number of hydrogen-bond acceptors (Lipinski definition) is 6. The number of benzene rings is 1. The van der Waals surface area contributed by atoms with Crippen LogP contribution in [0, 0.1) is 11.3 Å². The number of aromatic nitrogens is 1. The van der Waals surface area contributed by atoms with E-state index in [1.807, 2.05) is 0 Å². The van der Waals surface area contributed by atoms with E-state index >= 15 is 0 Å². The molecule has 5 N–H and O–H groups in total. The summed E-state index contributed by atoms with van der Waals surface area (Å²) < 4.78 is 0. The summed E-state index contributed by atoms with van der Waals surface area (Å²) in [6, 6.07) is 5.49. The van der Waals surface area contributed by atoms with E-state index in [0.717, 1.165) is 0 Å². The molecule has 0 amide bonds. The Labute approximate surface area is 151 Å². The Kier molecular flexibility index (Phi) is 6.83. The third-order valence-electron chi connectivity index (χ3n) is 4.18. The van der Waals surface area contributed by atoms with E-state index in [1.54, 1.807) is 18.2 Å². The first-order valence-electron chi connectivity index (χ1n) is 7.99. The molecule has 1 aromatic carbocycles. The van der Waals surface area contributed by atoms with Crippen molar-refractivity contribution in [2.24, 2.45) is 4.99 Å². The fourth-order valence-electron chi connectivity index (χ4n) is 3.04. The monoisotopic (exact) mass is 355 g/mol. The van der Waals surface area contributed by atoms with Crippen LogP contribution >= 0.6 is 0 Å². The standard InChI is InChI=1S/C19H21N3O4/c1-2-3-14-17(6-20)22-18(7-21-11-26)19(14)13-5-4-12(8-23)15(9-24)16(13)10-25/h2,4-5,7,22-26H,1,3,8-11H2/b21-7+. The minimum atomic E-state index is -0.407. The van der Waals surface area contributed by atoms with Gasteiger partial charge in [-0.2, -0.15) is 5.26 Å². The number of aliphatic hydroxyl groups excluding tert-OH is 4. The largest absolute Gasteiger partial charge is 0.392 e. The van der Waals surface area contributed by atoms with Gasteiger partial charge in [-0.25, -0.2) is 0 Å². The van der Waals surface area contributed by atoms with Gasteiger partial charge in [0.25, 0.3) is 0 Å². The molecule has 0 atom stereocenters. The maximum Gasteiger partial charge on any atom is 0.134 e. The summed E-state index contributed by atoms with van der Waals surface area (Å²) >= 11 is 0. The molecule has 0 radical (unpaired) electrons. The van der Waals surface area contributed by atoms with E-state index in [1.165, 1.54) is 6.21 Å². The van der Waals surface area contributed by atoms with E-state index in [4.69, 9.17) is 5.11 Å². The smallest absolute Gasteiger partial charge is 0.134 e. The number of nitrogens with zero attached hydrogens (tertiary/aromatic N) is 2. The van der Waals surface area contributed by atoms with E-state index in [9.17, 15) is 20.6 Å². The van der Waals surface area contributed by atoms with Gasteiger partial charge in [-0.3, -0.25) is 4.99 Å². The second kappa shape index (κ2) is 9.08. The van der Waals surface area contributed by atoms with Gasteiger partial charge in [0.1, 0.15) is 18.5 Å². The minimum absolute atomic E-state index is 0.266. The highest BCUT2D eigenvalue weighted by Gasteiger charge is 2.21. The van der Waals surface area contributed by atoms with Crippen molar-refractivity contribution in [3.8, 4) is 17.2 Å². The quantitative estimate of drug-likeness (QED) is 0.358. The summed E-state index contributed by atoms with van der Waals surface area (Å²) in [5.41, 5.74) is 4.20. The van der Waals surface area contributed by atoms with Gasteiger partial charge < -0.3 is 25.4 Å². The molecule has 0 bridgehead atoms. The lowest BCUT2D eigenvalue weighted by Gasteiger charge is -2.16. The molecule has 7 heteroatoms. The molecule has 0 saturated heterocycles. The Hall–Kier alpha value is -2.76. The van der Waals surface area contributed by atoms with Gasteiger partial charge in [-0.1, -0.05) is 18.2 Å². The van der Waals surface area contributed by atoms with Crippen molar-refractivity contribution in [2.75, 3.05) is 6.73 Å². The molecule has 26 heavy (non-hydrogen) atoms. The van der Waals surface area contributed by atoms with Crippen LogP contribution in [0.2, 0.25) is 0 Å². The molecule has 0 spiro atoms. The normalized spacial score (nSPS) is 11.0. The molecule has 0 aliphatic rings. The Morgan fingerprint density at radius 1 is 1.08 bits per heavy atom. The van der Waals surface area contributed by atoms with Crippen molar-refractivity contribution in [1.29, 1.82) is 5.26 Å². The Bertz CT molecular complexity index is 863. The van der Waals surface area contributed by atoms with Crippen LogP contribution in [0.15, 0.2) is 29.8 Å². The number of aliphatic imine (C=N–C) groups is 1. The van der Waals surface area contributed by atoms with Crippen LogP contribution in [0.4, 0.5) is 0 Å². The Morgan fingerprint density at radius 3 is 2.35 bits per heavy atom. The molecule has 2 aromatic rings. The Morgan fingerprint density at radius 2 is 1.81 bits per heavy atom. The zero-order valence-corrected chi connectivity index (χ0v) is 14.2. The number of aliphatic hydroxyl groups is 4. The topological polar surface area (TPSA) is 133 Å². The first-order valence-corrected chi connectivity index (χ1v) is 7.99. The van der Waals surface area contributed by atoms with Crippen LogP contribution in [0.1, 0.15) is 33.6 Å². The van der Waals surface area contributed by atoms with Crippen molar-refractivity contribution in [2.45, 2.75) is 26.2 Å². The summed E-state index contributed by atoms with van der Waals surface area (Å²) in [6.07, 6.45) is 3.49. The first kappa shape index (κ1) is 19.6.